The van der Waals surface area contributed by atoms with Gasteiger partial charge < -0.3 is 15.1 Å². The van der Waals surface area contributed by atoms with Gasteiger partial charge in [0.2, 0.25) is 5.95 Å². The number of hydrogen-bond donors (Lipinski definition) is 2. The number of benzene rings is 2. The van der Waals surface area contributed by atoms with E-state index < -0.39 is 0 Å². The Morgan fingerprint density at radius 1 is 1.17 bits per heavy atom. The lowest BCUT2D eigenvalue weighted by Crippen LogP contribution is -2.44. The molecule has 0 spiro atoms. The third-order valence-corrected chi connectivity index (χ3v) is 6.16. The first-order chi connectivity index (χ1) is 17.0. The first-order valence-corrected chi connectivity index (χ1v) is 11.5. The zero-order valence-electron chi connectivity index (χ0n) is 19.5. The third-order valence-electron chi connectivity index (χ3n) is 6.16. The average molecular weight is 472 g/mol. The molecule has 5 rings (SSSR count). The molecule has 178 valence electrons. The summed E-state index contributed by atoms with van der Waals surface area (Å²) in [7, 11) is 2.07. The van der Waals surface area contributed by atoms with Crippen molar-refractivity contribution >= 4 is 34.1 Å². The first kappa shape index (κ1) is 22.7. The van der Waals surface area contributed by atoms with Gasteiger partial charge in [0.05, 0.1) is 23.0 Å². The molecule has 1 aliphatic heterocycles. The molecule has 2 aromatic heterocycles. The molecule has 4 aromatic rings. The maximum absolute atomic E-state index is 14.6. The zero-order valence-corrected chi connectivity index (χ0v) is 19.5. The van der Waals surface area contributed by atoms with E-state index in [1.807, 2.05) is 24.3 Å². The summed E-state index contributed by atoms with van der Waals surface area (Å²) in [5.74, 6) is 0.0602. The molecule has 1 aliphatic rings. The van der Waals surface area contributed by atoms with Gasteiger partial charge >= 0.3 is 0 Å². The van der Waals surface area contributed by atoms with Crippen LogP contribution in [0.4, 0.5) is 21.7 Å². The maximum Gasteiger partial charge on any atom is 0.229 e. The van der Waals surface area contributed by atoms with E-state index in [9.17, 15) is 9.18 Å². The number of aromatic nitrogens is 4. The fourth-order valence-corrected chi connectivity index (χ4v) is 4.22. The number of allylic oxidation sites excluding steroid dienone is 1. The van der Waals surface area contributed by atoms with Gasteiger partial charge in [0, 0.05) is 43.9 Å². The van der Waals surface area contributed by atoms with Crippen LogP contribution in [0.5, 0.6) is 0 Å². The fraction of sp³-hybridized carbons (Fsp3) is 0.231. The molecule has 0 unspecified atom stereocenters. The van der Waals surface area contributed by atoms with Crippen LogP contribution in [-0.2, 0) is 11.2 Å². The second-order valence-corrected chi connectivity index (χ2v) is 8.66. The molecule has 35 heavy (non-hydrogen) atoms. The number of H-pyrrole nitrogens is 1. The van der Waals surface area contributed by atoms with Crippen LogP contribution in [0.2, 0.25) is 0 Å². The average Bonchev–Trinajstić information content (AvgIpc) is 3.34. The number of carbonyl (C=O) groups excluding carboxylic acids is 1. The number of rotatable bonds is 7. The van der Waals surface area contributed by atoms with Crippen LogP contribution in [-0.4, -0.2) is 64.1 Å². The molecule has 9 heteroatoms. The highest BCUT2D eigenvalue weighted by molar-refractivity contribution is 5.93. The molecule has 0 radical (unpaired) electrons. The van der Waals surface area contributed by atoms with Gasteiger partial charge in [-0.05, 0) is 43.0 Å². The Bertz CT molecular complexity index is 1390. The van der Waals surface area contributed by atoms with Gasteiger partial charge in [0.15, 0.2) is 11.4 Å². The molecular weight excluding hydrogens is 445 g/mol. The number of ketones is 1. The molecule has 0 bridgehead atoms. The largest absolute Gasteiger partial charge is 0.367 e. The Morgan fingerprint density at radius 2 is 2.00 bits per heavy atom. The number of anilines is 3. The second-order valence-electron chi connectivity index (χ2n) is 8.66. The van der Waals surface area contributed by atoms with Gasteiger partial charge in [-0.2, -0.15) is 10.1 Å². The summed E-state index contributed by atoms with van der Waals surface area (Å²) in [5, 5.41) is 11.0. The summed E-state index contributed by atoms with van der Waals surface area (Å²) >= 11 is 0. The maximum atomic E-state index is 14.6. The van der Waals surface area contributed by atoms with E-state index in [4.69, 9.17) is 4.98 Å². The van der Waals surface area contributed by atoms with E-state index in [1.54, 1.807) is 18.3 Å². The number of nitrogens with zero attached hydrogens (tertiary/aromatic N) is 5. The number of likely N-dealkylation sites (N-methyl/N-ethyl adjacent to an activating group) is 1. The lowest BCUT2D eigenvalue weighted by molar-refractivity contribution is -0.114. The van der Waals surface area contributed by atoms with Crippen LogP contribution in [0.3, 0.4) is 0 Å². The first-order valence-electron chi connectivity index (χ1n) is 11.5. The second kappa shape index (κ2) is 9.63. The van der Waals surface area contributed by atoms with Gasteiger partial charge in [-0.25, -0.2) is 9.37 Å². The van der Waals surface area contributed by atoms with Gasteiger partial charge in [-0.3, -0.25) is 9.89 Å². The highest BCUT2D eigenvalue weighted by atomic mass is 19.1. The number of carbonyl (C=O) groups is 1. The molecule has 2 aromatic carbocycles. The van der Waals surface area contributed by atoms with E-state index in [0.717, 1.165) is 42.7 Å². The van der Waals surface area contributed by atoms with E-state index >= 15 is 0 Å². The number of halogens is 1. The number of nitrogens with one attached hydrogen (secondary N) is 2. The summed E-state index contributed by atoms with van der Waals surface area (Å²) in [6, 6.07) is 12.6. The Balaban J connectivity index is 1.47. The van der Waals surface area contributed by atoms with Crippen LogP contribution in [0.25, 0.3) is 22.3 Å². The van der Waals surface area contributed by atoms with Crippen LogP contribution < -0.4 is 10.2 Å². The summed E-state index contributed by atoms with van der Waals surface area (Å²) in [4.78, 5) is 25.4. The van der Waals surface area contributed by atoms with Crippen LogP contribution in [0.1, 0.15) is 5.56 Å². The van der Waals surface area contributed by atoms with Crippen LogP contribution in [0.15, 0.2) is 61.3 Å². The normalized spacial score (nSPS) is 14.3. The monoisotopic (exact) mass is 471 g/mol. The van der Waals surface area contributed by atoms with Gasteiger partial charge in [-0.1, -0.05) is 24.8 Å². The van der Waals surface area contributed by atoms with Crippen molar-refractivity contribution in [1.82, 2.24) is 25.1 Å². The van der Waals surface area contributed by atoms with Crippen LogP contribution >= 0.6 is 0 Å². The Kier molecular flexibility index (Phi) is 6.24. The molecule has 8 nitrogen and oxygen atoms in total. The summed E-state index contributed by atoms with van der Waals surface area (Å²) < 4.78 is 14.6. The molecule has 0 atom stereocenters. The summed E-state index contributed by atoms with van der Waals surface area (Å²) in [5.41, 5.74) is 4.22. The Labute approximate surface area is 202 Å². The van der Waals surface area contributed by atoms with Crippen molar-refractivity contribution in [2.24, 2.45) is 0 Å². The van der Waals surface area contributed by atoms with Gasteiger partial charge in [-0.15, -0.1) is 0 Å². The molecule has 0 aliphatic carbocycles. The molecule has 0 amide bonds. The minimum absolute atomic E-state index is 0.0480. The van der Waals surface area contributed by atoms with Gasteiger partial charge in [0.1, 0.15) is 5.82 Å². The smallest absolute Gasteiger partial charge is 0.229 e. The molecule has 0 saturated carbocycles. The topological polar surface area (TPSA) is 90.0 Å². The standard InChI is InChI=1S/C26H26FN7O/c1-3-20(35)14-17-5-4-6-18(13-17)24-21-16-28-32-25(21)31-26(30-24)29-19-7-8-22(27)23(15-19)34-11-9-33(2)10-12-34/h3-8,13,15-16H,1,9-12,14H2,2H3,(H2,28,29,30,31,32). The van der Waals surface area contributed by atoms with Crippen molar-refractivity contribution in [3.8, 4) is 11.3 Å². The number of piperazine rings is 1. The minimum Gasteiger partial charge on any atom is -0.367 e. The summed E-state index contributed by atoms with van der Waals surface area (Å²) in [6.45, 7) is 6.85. The quantitative estimate of drug-likeness (QED) is 0.395. The SMILES string of the molecule is C=CC(=O)Cc1cccc(-c2nc(Nc3ccc(F)c(N4CCN(C)CC4)c3)nc3[nH]ncc23)c1. The van der Waals surface area contributed by atoms with Crippen molar-refractivity contribution in [3.63, 3.8) is 0 Å². The van der Waals surface area contributed by atoms with Crippen molar-refractivity contribution < 1.29 is 9.18 Å². The highest BCUT2D eigenvalue weighted by Gasteiger charge is 2.18. The van der Waals surface area contributed by atoms with Crippen molar-refractivity contribution in [1.29, 1.82) is 0 Å². The third kappa shape index (κ3) is 4.90. The predicted octanol–water partition coefficient (Wildman–Crippen LogP) is 3.95. The lowest BCUT2D eigenvalue weighted by atomic mass is 10.0. The highest BCUT2D eigenvalue weighted by Crippen LogP contribution is 2.30. The molecule has 1 fully saturated rings. The van der Waals surface area contributed by atoms with Crippen molar-refractivity contribution in [2.75, 3.05) is 43.4 Å². The fourth-order valence-electron chi connectivity index (χ4n) is 4.22. The van der Waals surface area contributed by atoms with Crippen molar-refractivity contribution in [3.05, 3.63) is 72.7 Å². The predicted molar refractivity (Wildman–Crippen MR) is 135 cm³/mol. The Morgan fingerprint density at radius 3 is 2.80 bits per heavy atom. The van der Waals surface area contributed by atoms with Crippen molar-refractivity contribution in [2.45, 2.75) is 6.42 Å². The zero-order chi connectivity index (χ0) is 24.4. The number of fused-ring (bicyclic) bond motifs is 1. The number of aromatic amines is 1. The molecule has 1 saturated heterocycles. The van der Waals surface area contributed by atoms with E-state index in [-0.39, 0.29) is 18.0 Å². The minimum atomic E-state index is -0.253. The Hall–Kier alpha value is -4.11. The molecular formula is C26H26FN7O. The van der Waals surface area contributed by atoms with Gasteiger partial charge in [0.25, 0.3) is 0 Å². The van der Waals surface area contributed by atoms with E-state index in [2.05, 4.69) is 43.9 Å². The van der Waals surface area contributed by atoms with E-state index in [0.29, 0.717) is 28.7 Å². The summed E-state index contributed by atoms with van der Waals surface area (Å²) in [6.07, 6.45) is 3.28. The van der Waals surface area contributed by atoms with E-state index in [1.165, 1.54) is 12.1 Å². The lowest BCUT2D eigenvalue weighted by Gasteiger charge is -2.34. The molecule has 3 heterocycles. The van der Waals surface area contributed by atoms with Crippen LogP contribution in [0, 0.1) is 5.82 Å². The molecule has 2 N–H and O–H groups in total. The number of hydrogen-bond acceptors (Lipinski definition) is 7.